The van der Waals surface area contributed by atoms with E-state index in [4.69, 9.17) is 19.8 Å². The SMILES string of the molecule is O.O=C([O-])C(=O)[O-].[K+].[K+]. The van der Waals surface area contributed by atoms with Gasteiger partial charge in [-0.1, -0.05) is 0 Å². The summed E-state index contributed by atoms with van der Waals surface area (Å²) in [7, 11) is 0. The fourth-order valence-corrected chi connectivity index (χ4v) is 0. The van der Waals surface area contributed by atoms with E-state index in [1.54, 1.807) is 0 Å². The van der Waals surface area contributed by atoms with E-state index in [0.29, 0.717) is 0 Å². The molecule has 0 aromatic carbocycles. The van der Waals surface area contributed by atoms with Crippen LogP contribution >= 0.6 is 0 Å². The second kappa shape index (κ2) is 12.8. The van der Waals surface area contributed by atoms with Gasteiger partial charge >= 0.3 is 103 Å². The third kappa shape index (κ3) is 17.8. The van der Waals surface area contributed by atoms with Gasteiger partial charge in [0.1, 0.15) is 0 Å². The standard InChI is InChI=1S/C2H2O4.2K.H2O/c3-1(4)2(5)6;;;/h(H,3,4)(H,5,6);;;1H2/q;2*+1;/p-2. The van der Waals surface area contributed by atoms with Crippen LogP contribution in [-0.4, -0.2) is 17.4 Å². The molecule has 0 saturated heterocycles. The zero-order valence-electron chi connectivity index (χ0n) is 5.13. The van der Waals surface area contributed by atoms with Gasteiger partial charge in [-0.15, -0.1) is 0 Å². The molecule has 7 heteroatoms. The van der Waals surface area contributed by atoms with Crippen LogP contribution in [0.15, 0.2) is 0 Å². The van der Waals surface area contributed by atoms with Gasteiger partial charge < -0.3 is 25.3 Å². The number of carboxylic acid groups (broad SMARTS) is 2. The van der Waals surface area contributed by atoms with Crippen LogP contribution in [-0.2, 0) is 9.59 Å². The first kappa shape index (κ1) is 22.5. The third-order valence-corrected chi connectivity index (χ3v) is 0.167. The average molecular weight is 184 g/mol. The van der Waals surface area contributed by atoms with Crippen molar-refractivity contribution in [2.24, 2.45) is 0 Å². The van der Waals surface area contributed by atoms with Crippen molar-refractivity contribution >= 4 is 11.9 Å². The molecule has 0 amide bonds. The number of aliphatic carboxylic acids is 2. The first-order valence-corrected chi connectivity index (χ1v) is 1.07. The first-order chi connectivity index (χ1) is 2.64. The number of hydrogen-bond donors (Lipinski definition) is 0. The molecule has 0 aromatic heterocycles. The predicted molar refractivity (Wildman–Crippen MR) is 13.6 cm³/mol. The van der Waals surface area contributed by atoms with Crippen molar-refractivity contribution in [3.05, 3.63) is 0 Å². The van der Waals surface area contributed by atoms with Crippen LogP contribution in [0.2, 0.25) is 0 Å². The molecule has 2 N–H and O–H groups in total. The summed E-state index contributed by atoms with van der Waals surface area (Å²) in [5.74, 6) is -4.37. The van der Waals surface area contributed by atoms with E-state index >= 15 is 0 Å². The minimum absolute atomic E-state index is 0. The summed E-state index contributed by atoms with van der Waals surface area (Å²) in [4.78, 5) is 17.9. The maximum Gasteiger partial charge on any atom is 1.00 e. The smallest absolute Gasteiger partial charge is 0.543 e. The molecule has 0 spiro atoms. The molecule has 0 radical (unpaired) electrons. The molecule has 0 heterocycles. The summed E-state index contributed by atoms with van der Waals surface area (Å²) in [5, 5.41) is 17.9. The Kier molecular flexibility index (Phi) is 32.0. The Morgan fingerprint density at radius 3 is 1.00 bits per heavy atom. The summed E-state index contributed by atoms with van der Waals surface area (Å²) in [6.07, 6.45) is 0. The van der Waals surface area contributed by atoms with Gasteiger partial charge in [-0.3, -0.25) is 0 Å². The van der Waals surface area contributed by atoms with Gasteiger partial charge in [0, 0.05) is 0 Å². The van der Waals surface area contributed by atoms with Crippen LogP contribution in [0.4, 0.5) is 0 Å². The third-order valence-electron chi connectivity index (χ3n) is 0.167. The van der Waals surface area contributed by atoms with E-state index in [-0.39, 0.29) is 108 Å². The van der Waals surface area contributed by atoms with E-state index in [1.807, 2.05) is 0 Å². The molecule has 0 unspecified atom stereocenters. The molecule has 0 saturated carbocycles. The minimum Gasteiger partial charge on any atom is -0.543 e. The molecule has 42 valence electrons. The van der Waals surface area contributed by atoms with Crippen molar-refractivity contribution in [1.29, 1.82) is 0 Å². The molecule has 0 fully saturated rings. The normalized spacial score (nSPS) is 4.89. The summed E-state index contributed by atoms with van der Waals surface area (Å²) < 4.78 is 0. The Morgan fingerprint density at radius 2 is 1.00 bits per heavy atom. The maximum absolute atomic E-state index is 8.93. The van der Waals surface area contributed by atoms with Gasteiger partial charge in [0.2, 0.25) is 0 Å². The number of hydrogen-bond acceptors (Lipinski definition) is 4. The van der Waals surface area contributed by atoms with Crippen molar-refractivity contribution < 1.29 is 128 Å². The van der Waals surface area contributed by atoms with Gasteiger partial charge in [0.15, 0.2) is 0 Å². The Balaban J connectivity index is -0.0000000417. The van der Waals surface area contributed by atoms with E-state index in [9.17, 15) is 0 Å². The Hall–Kier alpha value is 2.17. The van der Waals surface area contributed by atoms with Crippen LogP contribution in [0, 0.1) is 0 Å². The number of carboxylic acids is 2. The first-order valence-electron chi connectivity index (χ1n) is 1.07. The van der Waals surface area contributed by atoms with Gasteiger partial charge in [0.25, 0.3) is 0 Å². The summed E-state index contributed by atoms with van der Waals surface area (Å²) >= 11 is 0. The van der Waals surface area contributed by atoms with Crippen LogP contribution in [0.25, 0.3) is 0 Å². The van der Waals surface area contributed by atoms with E-state index in [0.717, 1.165) is 0 Å². The van der Waals surface area contributed by atoms with Gasteiger partial charge in [-0.25, -0.2) is 0 Å². The zero-order valence-corrected chi connectivity index (χ0v) is 11.4. The van der Waals surface area contributed by atoms with Crippen molar-refractivity contribution in [1.82, 2.24) is 0 Å². The molecule has 0 aromatic rings. The van der Waals surface area contributed by atoms with Crippen LogP contribution in [0.1, 0.15) is 0 Å². The summed E-state index contributed by atoms with van der Waals surface area (Å²) in [6, 6.07) is 0. The fourth-order valence-electron chi connectivity index (χ4n) is 0. The van der Waals surface area contributed by atoms with Crippen LogP contribution in [0.5, 0.6) is 0 Å². The number of rotatable bonds is 0. The number of carbonyl (C=O) groups excluding carboxylic acids is 2. The average Bonchev–Trinajstić information content (AvgIpc) is 1.36. The number of carbonyl (C=O) groups is 2. The second-order valence-corrected chi connectivity index (χ2v) is 0.575. The van der Waals surface area contributed by atoms with E-state index in [1.165, 1.54) is 0 Å². The monoisotopic (exact) mass is 184 g/mol. The predicted octanol–water partition coefficient (Wildman–Crippen LogP) is -10.3. The van der Waals surface area contributed by atoms with Gasteiger partial charge in [0.05, 0.1) is 11.9 Å². The molecule has 0 atom stereocenters. The molecule has 0 aliphatic heterocycles. The molecule has 0 rings (SSSR count). The van der Waals surface area contributed by atoms with Crippen molar-refractivity contribution in [3.63, 3.8) is 0 Å². The molecule has 0 bridgehead atoms. The van der Waals surface area contributed by atoms with Crippen molar-refractivity contribution in [2.45, 2.75) is 0 Å². The molecule has 5 nitrogen and oxygen atoms in total. The van der Waals surface area contributed by atoms with E-state index < -0.39 is 11.9 Å². The zero-order chi connectivity index (χ0) is 5.15. The van der Waals surface area contributed by atoms with Gasteiger partial charge in [-0.05, 0) is 0 Å². The molecule has 0 aliphatic rings. The van der Waals surface area contributed by atoms with Crippen molar-refractivity contribution in [3.8, 4) is 0 Å². The molecule has 0 aliphatic carbocycles. The Labute approximate surface area is 136 Å². The topological polar surface area (TPSA) is 112 Å². The van der Waals surface area contributed by atoms with Crippen LogP contribution < -0.4 is 113 Å². The minimum atomic E-state index is -2.19. The molecular weight excluding hydrogens is 182 g/mol. The Morgan fingerprint density at radius 1 is 0.889 bits per heavy atom. The largest absolute Gasteiger partial charge is 1.00 e. The Bertz CT molecular complexity index is 79.0. The second-order valence-electron chi connectivity index (χ2n) is 0.575. The fraction of sp³-hybridized carbons (Fsp3) is 0. The van der Waals surface area contributed by atoms with Crippen LogP contribution in [0.3, 0.4) is 0 Å². The van der Waals surface area contributed by atoms with E-state index in [2.05, 4.69) is 0 Å². The quantitative estimate of drug-likeness (QED) is 0.275. The molecular formula is C2H2K2O5. The van der Waals surface area contributed by atoms with Crippen molar-refractivity contribution in [2.75, 3.05) is 0 Å². The van der Waals surface area contributed by atoms with Gasteiger partial charge in [-0.2, -0.15) is 0 Å². The molecule has 9 heavy (non-hydrogen) atoms. The maximum atomic E-state index is 8.93. The summed E-state index contributed by atoms with van der Waals surface area (Å²) in [5.41, 5.74) is 0. The summed E-state index contributed by atoms with van der Waals surface area (Å²) in [6.45, 7) is 0.